The molecule has 1 unspecified atom stereocenters. The fraction of sp³-hybridized carbons (Fsp3) is 0.529. The van der Waals surface area contributed by atoms with Crippen molar-refractivity contribution < 1.29 is 19.1 Å². The minimum atomic E-state index is -0.771. The van der Waals surface area contributed by atoms with Gasteiger partial charge in [0.15, 0.2) is 5.79 Å². The van der Waals surface area contributed by atoms with E-state index in [4.69, 9.17) is 15.0 Å². The Balaban J connectivity index is 1.89. The fourth-order valence-corrected chi connectivity index (χ4v) is 3.60. The van der Waals surface area contributed by atoms with Gasteiger partial charge in [0, 0.05) is 17.8 Å². The molecule has 7 heteroatoms. The lowest BCUT2D eigenvalue weighted by molar-refractivity contribution is -0.187. The Labute approximate surface area is 139 Å². The fourth-order valence-electron chi connectivity index (χ4n) is 3.60. The van der Waals surface area contributed by atoms with Crippen molar-refractivity contribution in [3.63, 3.8) is 0 Å². The molecule has 0 radical (unpaired) electrons. The molecular formula is C17H19N3O4. The normalized spacial score (nSPS) is 25.5. The Morgan fingerprint density at radius 1 is 1.29 bits per heavy atom. The molecule has 1 spiro atoms. The molecule has 1 heterocycles. The number of carbonyl (C=O) groups is 2. The summed E-state index contributed by atoms with van der Waals surface area (Å²) in [5.41, 5.74) is 9.23. The number of Topliss-reactive ketones (excluding diaryl/α,β-unsaturated/α-hetero) is 1. The quantitative estimate of drug-likeness (QED) is 0.483. The first-order chi connectivity index (χ1) is 11.5. The van der Waals surface area contributed by atoms with Crippen LogP contribution in [0.4, 0.5) is 0 Å². The zero-order valence-electron chi connectivity index (χ0n) is 13.5. The van der Waals surface area contributed by atoms with Gasteiger partial charge in [-0.25, -0.2) is 0 Å². The van der Waals surface area contributed by atoms with Crippen LogP contribution in [-0.4, -0.2) is 30.7 Å². The predicted molar refractivity (Wildman–Crippen MR) is 85.1 cm³/mol. The molecule has 1 amide bonds. The highest BCUT2D eigenvalue weighted by Gasteiger charge is 2.50. The Kier molecular flexibility index (Phi) is 4.41. The molecule has 2 aliphatic rings. The summed E-state index contributed by atoms with van der Waals surface area (Å²) in [6.07, 6.45) is 1.41. The number of rotatable bonds is 3. The van der Waals surface area contributed by atoms with Gasteiger partial charge in [0.1, 0.15) is 5.78 Å². The molecule has 1 saturated carbocycles. The first-order valence-corrected chi connectivity index (χ1v) is 7.97. The molecule has 1 atom stereocenters. The van der Waals surface area contributed by atoms with Crippen LogP contribution in [0.3, 0.4) is 0 Å². The predicted octanol–water partition coefficient (Wildman–Crippen LogP) is 2.82. The molecular weight excluding hydrogens is 310 g/mol. The Morgan fingerprint density at radius 2 is 2.00 bits per heavy atom. The number of carbonyl (C=O) groups excluding carboxylic acids is 2. The lowest BCUT2D eigenvalue weighted by atomic mass is 9.67. The molecule has 24 heavy (non-hydrogen) atoms. The van der Waals surface area contributed by atoms with Gasteiger partial charge in [0.2, 0.25) is 5.91 Å². The number of hydrogen-bond acceptors (Lipinski definition) is 4. The molecule has 0 N–H and O–H groups in total. The Morgan fingerprint density at radius 3 is 2.67 bits per heavy atom. The minimum absolute atomic E-state index is 0.0127. The lowest BCUT2D eigenvalue weighted by Gasteiger charge is -2.41. The number of nitrogens with zero attached hydrogens (tertiary/aromatic N) is 3. The van der Waals surface area contributed by atoms with Crippen LogP contribution in [0.2, 0.25) is 0 Å². The summed E-state index contributed by atoms with van der Waals surface area (Å²) in [5.74, 6) is -1.29. The summed E-state index contributed by atoms with van der Waals surface area (Å²) in [6.45, 7) is 2.93. The summed E-state index contributed by atoms with van der Waals surface area (Å²) in [7, 11) is 0. The molecule has 1 aliphatic carbocycles. The maximum Gasteiger partial charge on any atom is 0.223 e. The molecule has 3 rings (SSSR count). The highest BCUT2D eigenvalue weighted by molar-refractivity contribution is 5.92. The van der Waals surface area contributed by atoms with Gasteiger partial charge >= 0.3 is 0 Å². The van der Waals surface area contributed by atoms with Crippen LogP contribution in [0.1, 0.15) is 37.3 Å². The SMILES string of the molecule is CC1(c2ccccc2CC(=O)N=[N+]=[N-])CCC2(CC1=O)OCCO2. The van der Waals surface area contributed by atoms with Gasteiger partial charge in [-0.3, -0.25) is 9.59 Å². The standard InChI is InChI=1S/C17H19N3O4/c1-16(6-7-17(11-14(16)21)23-8-9-24-17)13-5-3-2-4-12(13)10-15(22)19-20-18/h2-5H,6-11H2,1H3. The molecule has 126 valence electrons. The zero-order chi connectivity index (χ0) is 17.2. The van der Waals surface area contributed by atoms with E-state index in [1.807, 2.05) is 25.1 Å². The molecule has 1 aliphatic heterocycles. The Hall–Kier alpha value is -2.21. The van der Waals surface area contributed by atoms with E-state index in [9.17, 15) is 9.59 Å². The lowest BCUT2D eigenvalue weighted by Crippen LogP contribution is -2.48. The van der Waals surface area contributed by atoms with Crippen molar-refractivity contribution in [3.8, 4) is 0 Å². The third kappa shape index (κ3) is 2.94. The van der Waals surface area contributed by atoms with Crippen LogP contribution in [-0.2, 0) is 30.9 Å². The number of ketones is 1. The third-order valence-corrected chi connectivity index (χ3v) is 4.97. The average molecular weight is 329 g/mol. The highest BCUT2D eigenvalue weighted by Crippen LogP contribution is 2.44. The van der Waals surface area contributed by atoms with Crippen LogP contribution < -0.4 is 0 Å². The van der Waals surface area contributed by atoms with Gasteiger partial charge in [-0.05, 0) is 35.1 Å². The second kappa shape index (κ2) is 6.36. The molecule has 1 aromatic rings. The highest BCUT2D eigenvalue weighted by atomic mass is 16.7. The number of ether oxygens (including phenoxy) is 2. The first kappa shape index (κ1) is 16.6. The van der Waals surface area contributed by atoms with Crippen molar-refractivity contribution in [2.24, 2.45) is 5.11 Å². The van der Waals surface area contributed by atoms with Crippen LogP contribution in [0.15, 0.2) is 29.4 Å². The van der Waals surface area contributed by atoms with Crippen LogP contribution in [0.25, 0.3) is 10.4 Å². The summed E-state index contributed by atoms with van der Waals surface area (Å²) in [4.78, 5) is 27.1. The van der Waals surface area contributed by atoms with Crippen molar-refractivity contribution >= 4 is 11.7 Å². The van der Waals surface area contributed by atoms with Crippen LogP contribution in [0, 0.1) is 0 Å². The smallest absolute Gasteiger partial charge is 0.223 e. The van der Waals surface area contributed by atoms with E-state index in [2.05, 4.69) is 10.0 Å². The van der Waals surface area contributed by atoms with Crippen molar-refractivity contribution in [1.82, 2.24) is 0 Å². The van der Waals surface area contributed by atoms with E-state index in [0.717, 1.165) is 11.1 Å². The van der Waals surface area contributed by atoms with Crippen molar-refractivity contribution in [2.75, 3.05) is 13.2 Å². The molecule has 0 aromatic heterocycles. The second-order valence-electron chi connectivity index (χ2n) is 6.46. The molecule has 1 saturated heterocycles. The summed E-state index contributed by atoms with van der Waals surface area (Å²) in [6, 6.07) is 7.32. The van der Waals surface area contributed by atoms with Crippen molar-refractivity contribution in [1.29, 1.82) is 0 Å². The van der Waals surface area contributed by atoms with Gasteiger partial charge in [-0.15, -0.1) is 0 Å². The zero-order valence-corrected chi connectivity index (χ0v) is 13.5. The number of azide groups is 1. The summed E-state index contributed by atoms with van der Waals surface area (Å²) < 4.78 is 11.3. The molecule has 0 bridgehead atoms. The monoisotopic (exact) mass is 329 g/mol. The van der Waals surface area contributed by atoms with E-state index in [1.54, 1.807) is 6.07 Å². The van der Waals surface area contributed by atoms with E-state index in [1.165, 1.54) is 0 Å². The first-order valence-electron chi connectivity index (χ1n) is 7.97. The number of hydrogen-bond donors (Lipinski definition) is 0. The molecule has 2 fully saturated rings. The third-order valence-electron chi connectivity index (χ3n) is 4.97. The van der Waals surface area contributed by atoms with E-state index >= 15 is 0 Å². The van der Waals surface area contributed by atoms with Crippen LogP contribution in [0.5, 0.6) is 0 Å². The summed E-state index contributed by atoms with van der Waals surface area (Å²) in [5, 5.41) is 3.12. The van der Waals surface area contributed by atoms with Crippen molar-refractivity contribution in [3.05, 3.63) is 45.8 Å². The van der Waals surface area contributed by atoms with Gasteiger partial charge in [0.05, 0.1) is 25.0 Å². The van der Waals surface area contributed by atoms with E-state index in [0.29, 0.717) is 26.1 Å². The maximum atomic E-state index is 12.9. The Bertz CT molecular complexity index is 720. The van der Waals surface area contributed by atoms with Gasteiger partial charge in [0.25, 0.3) is 0 Å². The number of benzene rings is 1. The average Bonchev–Trinajstić information content (AvgIpc) is 3.01. The van der Waals surface area contributed by atoms with Gasteiger partial charge in [-0.1, -0.05) is 24.3 Å². The largest absolute Gasteiger partial charge is 0.347 e. The number of amides is 1. The summed E-state index contributed by atoms with van der Waals surface area (Å²) >= 11 is 0. The van der Waals surface area contributed by atoms with E-state index in [-0.39, 0.29) is 18.6 Å². The van der Waals surface area contributed by atoms with Crippen molar-refractivity contribution in [2.45, 2.75) is 43.8 Å². The van der Waals surface area contributed by atoms with E-state index < -0.39 is 17.1 Å². The molecule has 1 aromatic carbocycles. The second-order valence-corrected chi connectivity index (χ2v) is 6.46. The van der Waals surface area contributed by atoms with Crippen LogP contribution >= 0.6 is 0 Å². The topological polar surface area (TPSA) is 101 Å². The molecule has 7 nitrogen and oxygen atoms in total. The van der Waals surface area contributed by atoms with Gasteiger partial charge < -0.3 is 9.47 Å². The maximum absolute atomic E-state index is 12.9. The van der Waals surface area contributed by atoms with Gasteiger partial charge in [-0.2, -0.15) is 0 Å². The minimum Gasteiger partial charge on any atom is -0.347 e.